The molecular formula is C23H24N2O5S. The number of esters is 1. The summed E-state index contributed by atoms with van der Waals surface area (Å²) in [7, 11) is 3.07. The molecule has 0 atom stereocenters. The first-order chi connectivity index (χ1) is 14.8. The fourth-order valence-corrected chi connectivity index (χ4v) is 3.41. The zero-order valence-electron chi connectivity index (χ0n) is 17.8. The van der Waals surface area contributed by atoms with Crippen LogP contribution in [0.2, 0.25) is 0 Å². The molecule has 0 fully saturated rings. The molecule has 7 nitrogen and oxygen atoms in total. The minimum absolute atomic E-state index is 0.223. The average Bonchev–Trinajstić information content (AvgIpc) is 3.32. The largest absolute Gasteiger partial charge is 0.493 e. The molecule has 1 heterocycles. The summed E-state index contributed by atoms with van der Waals surface area (Å²) in [5, 5.41) is 2.87. The van der Waals surface area contributed by atoms with E-state index in [0.29, 0.717) is 27.6 Å². The molecule has 3 rings (SSSR count). The van der Waals surface area contributed by atoms with Gasteiger partial charge in [-0.25, -0.2) is 4.79 Å². The van der Waals surface area contributed by atoms with Crippen molar-refractivity contribution in [3.05, 3.63) is 70.2 Å². The molecule has 162 valence electrons. The molecule has 0 aliphatic rings. The lowest BCUT2D eigenvalue weighted by atomic mass is 9.85. The van der Waals surface area contributed by atoms with Gasteiger partial charge in [0.2, 0.25) is 0 Å². The smallest absolute Gasteiger partial charge is 0.349 e. The predicted molar refractivity (Wildman–Crippen MR) is 119 cm³/mol. The number of amides is 1. The Kier molecular flexibility index (Phi) is 6.91. The highest BCUT2D eigenvalue weighted by atomic mass is 32.1. The van der Waals surface area contributed by atoms with Crippen LogP contribution in [0.5, 0.6) is 11.5 Å². The van der Waals surface area contributed by atoms with Gasteiger partial charge in [-0.3, -0.25) is 9.78 Å². The molecule has 0 aliphatic heterocycles. The molecule has 0 spiro atoms. The highest BCUT2D eigenvalue weighted by molar-refractivity contribution is 7.11. The number of anilines is 1. The van der Waals surface area contributed by atoms with Gasteiger partial charge < -0.3 is 19.5 Å². The molecule has 0 saturated carbocycles. The van der Waals surface area contributed by atoms with Crippen molar-refractivity contribution in [3.63, 3.8) is 0 Å². The lowest BCUT2D eigenvalue weighted by Crippen LogP contribution is -2.26. The van der Waals surface area contributed by atoms with Gasteiger partial charge >= 0.3 is 5.97 Å². The second-order valence-electron chi connectivity index (χ2n) is 7.43. The van der Waals surface area contributed by atoms with Crippen LogP contribution in [0.1, 0.15) is 39.4 Å². The standard InChI is InChI=1S/C23H24N2O5S/c1-23(2,13-30-22(27)20-12-24-14-31-20)16-6-8-17(9-7-16)25-21(26)15-5-10-18(28-3)19(11-15)29-4/h5-12,14H,13H2,1-4H3,(H,25,26). The number of thiazole rings is 1. The van der Waals surface area contributed by atoms with Crippen LogP contribution < -0.4 is 14.8 Å². The van der Waals surface area contributed by atoms with Crippen LogP contribution in [-0.4, -0.2) is 37.7 Å². The SMILES string of the molecule is COc1ccc(C(=O)Nc2ccc(C(C)(C)COC(=O)c3cncs3)cc2)cc1OC. The minimum atomic E-state index is -0.397. The number of benzene rings is 2. The monoisotopic (exact) mass is 440 g/mol. The van der Waals surface area contributed by atoms with Crippen LogP contribution in [0.25, 0.3) is 0 Å². The number of methoxy groups -OCH3 is 2. The van der Waals surface area contributed by atoms with E-state index < -0.39 is 5.41 Å². The maximum Gasteiger partial charge on any atom is 0.349 e. The van der Waals surface area contributed by atoms with Crippen molar-refractivity contribution in [2.45, 2.75) is 19.3 Å². The number of ether oxygens (including phenoxy) is 3. The summed E-state index contributed by atoms with van der Waals surface area (Å²) < 4.78 is 15.9. The Labute approximate surface area is 185 Å². The number of aromatic nitrogens is 1. The second-order valence-corrected chi connectivity index (χ2v) is 8.31. The third-order valence-corrected chi connectivity index (χ3v) is 5.52. The van der Waals surface area contributed by atoms with E-state index >= 15 is 0 Å². The van der Waals surface area contributed by atoms with Crippen molar-refractivity contribution in [2.75, 3.05) is 26.1 Å². The Morgan fingerprint density at radius 3 is 2.35 bits per heavy atom. The van der Waals surface area contributed by atoms with E-state index in [1.807, 2.05) is 38.1 Å². The average molecular weight is 441 g/mol. The summed E-state index contributed by atoms with van der Waals surface area (Å²) >= 11 is 1.25. The highest BCUT2D eigenvalue weighted by Crippen LogP contribution is 2.29. The van der Waals surface area contributed by atoms with E-state index in [0.717, 1.165) is 5.56 Å². The molecule has 0 radical (unpaired) electrons. The first-order valence-corrected chi connectivity index (χ1v) is 10.4. The van der Waals surface area contributed by atoms with E-state index in [-0.39, 0.29) is 18.5 Å². The van der Waals surface area contributed by atoms with Crippen LogP contribution in [0.3, 0.4) is 0 Å². The van der Waals surface area contributed by atoms with E-state index in [2.05, 4.69) is 10.3 Å². The molecule has 1 amide bonds. The van der Waals surface area contributed by atoms with Crippen molar-refractivity contribution in [1.29, 1.82) is 0 Å². The van der Waals surface area contributed by atoms with Crippen LogP contribution >= 0.6 is 11.3 Å². The van der Waals surface area contributed by atoms with Gasteiger partial charge in [0.05, 0.1) is 25.9 Å². The van der Waals surface area contributed by atoms with Crippen molar-refractivity contribution >= 4 is 28.9 Å². The zero-order valence-corrected chi connectivity index (χ0v) is 18.6. The molecule has 1 aromatic heterocycles. The first kappa shape index (κ1) is 22.3. The molecule has 8 heteroatoms. The summed E-state index contributed by atoms with van der Waals surface area (Å²) in [6, 6.07) is 12.4. The van der Waals surface area contributed by atoms with Gasteiger partial charge in [0, 0.05) is 16.7 Å². The summed E-state index contributed by atoms with van der Waals surface area (Å²) in [5.74, 6) is 0.405. The van der Waals surface area contributed by atoms with Gasteiger partial charge in [-0.1, -0.05) is 26.0 Å². The van der Waals surface area contributed by atoms with Gasteiger partial charge in [-0.15, -0.1) is 11.3 Å². The van der Waals surface area contributed by atoms with E-state index in [4.69, 9.17) is 14.2 Å². The molecule has 0 saturated heterocycles. The van der Waals surface area contributed by atoms with E-state index in [1.165, 1.54) is 24.6 Å². The van der Waals surface area contributed by atoms with Crippen LogP contribution in [0, 0.1) is 0 Å². The van der Waals surface area contributed by atoms with Gasteiger partial charge in [0.15, 0.2) is 11.5 Å². The third-order valence-electron chi connectivity index (χ3n) is 4.77. The van der Waals surface area contributed by atoms with Crippen molar-refractivity contribution in [2.24, 2.45) is 0 Å². The Balaban J connectivity index is 1.64. The van der Waals surface area contributed by atoms with Gasteiger partial charge in [0.1, 0.15) is 11.5 Å². The molecule has 0 bridgehead atoms. The number of carbonyl (C=O) groups is 2. The summed E-state index contributed by atoms with van der Waals surface area (Å²) in [5.41, 5.74) is 3.29. The highest BCUT2D eigenvalue weighted by Gasteiger charge is 2.24. The van der Waals surface area contributed by atoms with Crippen molar-refractivity contribution in [3.8, 4) is 11.5 Å². The van der Waals surface area contributed by atoms with Gasteiger partial charge in [0.25, 0.3) is 5.91 Å². The van der Waals surface area contributed by atoms with E-state index in [9.17, 15) is 9.59 Å². The van der Waals surface area contributed by atoms with Crippen LogP contribution in [0.4, 0.5) is 5.69 Å². The first-order valence-electron chi connectivity index (χ1n) is 9.53. The number of hydrogen-bond donors (Lipinski definition) is 1. The number of carbonyl (C=O) groups excluding carboxylic acids is 2. The second kappa shape index (κ2) is 9.61. The molecule has 3 aromatic rings. The lowest BCUT2D eigenvalue weighted by molar-refractivity contribution is 0.0432. The maximum atomic E-state index is 12.6. The topological polar surface area (TPSA) is 86.8 Å². The summed E-state index contributed by atoms with van der Waals surface area (Å²) in [4.78, 5) is 29.0. The molecule has 31 heavy (non-hydrogen) atoms. The summed E-state index contributed by atoms with van der Waals surface area (Å²) in [6.45, 7) is 4.20. The Bertz CT molecular complexity index is 1050. The zero-order chi connectivity index (χ0) is 22.4. The molecule has 0 unspecified atom stereocenters. The quantitative estimate of drug-likeness (QED) is 0.517. The molecule has 0 aliphatic carbocycles. The lowest BCUT2D eigenvalue weighted by Gasteiger charge is -2.25. The van der Waals surface area contributed by atoms with E-state index in [1.54, 1.807) is 30.8 Å². The molecule has 1 N–H and O–H groups in total. The fourth-order valence-electron chi connectivity index (χ4n) is 2.90. The molecule has 2 aromatic carbocycles. The van der Waals surface area contributed by atoms with Crippen LogP contribution in [0.15, 0.2) is 54.2 Å². The van der Waals surface area contributed by atoms with Gasteiger partial charge in [-0.05, 0) is 35.9 Å². The number of nitrogens with one attached hydrogen (secondary N) is 1. The number of rotatable bonds is 8. The normalized spacial score (nSPS) is 11.0. The predicted octanol–water partition coefficient (Wildman–Crippen LogP) is 4.55. The maximum absolute atomic E-state index is 12.6. The van der Waals surface area contributed by atoms with Crippen molar-refractivity contribution < 1.29 is 23.8 Å². The van der Waals surface area contributed by atoms with Crippen LogP contribution in [-0.2, 0) is 10.2 Å². The minimum Gasteiger partial charge on any atom is -0.493 e. The third kappa shape index (κ3) is 5.40. The Morgan fingerprint density at radius 2 is 1.74 bits per heavy atom. The van der Waals surface area contributed by atoms with Gasteiger partial charge in [-0.2, -0.15) is 0 Å². The Morgan fingerprint density at radius 1 is 1.03 bits per heavy atom. The fraction of sp³-hybridized carbons (Fsp3) is 0.261. The molecular weight excluding hydrogens is 416 g/mol. The number of nitrogens with zero attached hydrogens (tertiary/aromatic N) is 1. The number of hydrogen-bond acceptors (Lipinski definition) is 7. The Hall–Kier alpha value is -3.39. The van der Waals surface area contributed by atoms with Crippen molar-refractivity contribution in [1.82, 2.24) is 4.98 Å². The summed E-state index contributed by atoms with van der Waals surface area (Å²) in [6.07, 6.45) is 1.50.